The summed E-state index contributed by atoms with van der Waals surface area (Å²) in [7, 11) is 0. The summed E-state index contributed by atoms with van der Waals surface area (Å²) < 4.78 is 0. The fourth-order valence-electron chi connectivity index (χ4n) is 2.22. The van der Waals surface area contributed by atoms with Crippen molar-refractivity contribution in [1.82, 2.24) is 4.90 Å². The van der Waals surface area contributed by atoms with Gasteiger partial charge in [-0.05, 0) is 24.6 Å². The Balaban J connectivity index is 2.17. The number of likely N-dealkylation sites (tertiary alicyclic amines) is 1. The van der Waals surface area contributed by atoms with Crippen LogP contribution in [0.25, 0.3) is 0 Å². The van der Waals surface area contributed by atoms with E-state index in [1.165, 1.54) is 11.0 Å². The second-order valence-electron chi connectivity index (χ2n) is 4.77. The van der Waals surface area contributed by atoms with E-state index in [4.69, 9.17) is 16.7 Å². The molecule has 0 spiro atoms. The van der Waals surface area contributed by atoms with E-state index < -0.39 is 18.4 Å². The zero-order valence-corrected chi connectivity index (χ0v) is 12.0. The molecule has 2 rings (SSSR count). The molecule has 1 aliphatic rings. The minimum atomic E-state index is -1.13. The van der Waals surface area contributed by atoms with E-state index in [2.05, 4.69) is 0 Å². The highest BCUT2D eigenvalue weighted by molar-refractivity contribution is 6.31. The lowest BCUT2D eigenvalue weighted by molar-refractivity contribution is -0.137. The highest BCUT2D eigenvalue weighted by Gasteiger charge is 2.26. The number of hydrogen-bond donors (Lipinski definition) is 1. The Morgan fingerprint density at radius 3 is 2.71 bits per heavy atom. The first-order valence-electron chi connectivity index (χ1n) is 6.53. The van der Waals surface area contributed by atoms with Gasteiger partial charge >= 0.3 is 5.97 Å². The van der Waals surface area contributed by atoms with Crippen molar-refractivity contribution in [2.45, 2.75) is 12.8 Å². The number of carboxylic acids is 1. The van der Waals surface area contributed by atoms with E-state index in [1.807, 2.05) is 0 Å². The molecule has 1 heterocycles. The zero-order valence-electron chi connectivity index (χ0n) is 11.3. The summed E-state index contributed by atoms with van der Waals surface area (Å²) in [6.45, 7) is -0.0547. The standard InChI is InChI=1S/C14H15ClN2O4/c15-10-3-1-4-11(7-10)17(9-14(20)21)13(19)8-16-6-2-5-12(16)18/h1,3-4,7H,2,5-6,8-9H2,(H,20,21). The Labute approximate surface area is 126 Å². The predicted molar refractivity (Wildman–Crippen MR) is 77.3 cm³/mol. The molecule has 0 radical (unpaired) electrons. The second-order valence-corrected chi connectivity index (χ2v) is 5.21. The smallest absolute Gasteiger partial charge is 0.323 e. The van der Waals surface area contributed by atoms with Gasteiger partial charge in [0.05, 0.1) is 0 Å². The number of amides is 2. The maximum atomic E-state index is 12.3. The van der Waals surface area contributed by atoms with Gasteiger partial charge < -0.3 is 10.0 Å². The third-order valence-corrected chi connectivity index (χ3v) is 3.45. The van der Waals surface area contributed by atoms with Crippen LogP contribution in [-0.4, -0.2) is 47.4 Å². The summed E-state index contributed by atoms with van der Waals surface area (Å²) in [5.41, 5.74) is 0.404. The number of nitrogens with zero attached hydrogens (tertiary/aromatic N) is 2. The largest absolute Gasteiger partial charge is 0.480 e. The van der Waals surface area contributed by atoms with Gasteiger partial charge in [0.25, 0.3) is 0 Å². The minimum Gasteiger partial charge on any atom is -0.480 e. The summed E-state index contributed by atoms with van der Waals surface area (Å²) in [4.78, 5) is 37.4. The van der Waals surface area contributed by atoms with Crippen LogP contribution < -0.4 is 4.90 Å². The summed E-state index contributed by atoms with van der Waals surface area (Å²) in [6.07, 6.45) is 1.16. The molecule has 0 aliphatic carbocycles. The van der Waals surface area contributed by atoms with Gasteiger partial charge in [-0.1, -0.05) is 17.7 Å². The van der Waals surface area contributed by atoms with Crippen molar-refractivity contribution >= 4 is 35.1 Å². The number of benzene rings is 1. The van der Waals surface area contributed by atoms with Crippen molar-refractivity contribution in [2.24, 2.45) is 0 Å². The van der Waals surface area contributed by atoms with Crippen molar-refractivity contribution in [3.63, 3.8) is 0 Å². The van der Waals surface area contributed by atoms with Crippen LogP contribution in [0, 0.1) is 0 Å². The van der Waals surface area contributed by atoms with Crippen LogP contribution in [0.15, 0.2) is 24.3 Å². The van der Waals surface area contributed by atoms with Crippen LogP contribution in [0.2, 0.25) is 5.02 Å². The topological polar surface area (TPSA) is 77.9 Å². The molecule has 21 heavy (non-hydrogen) atoms. The number of carbonyl (C=O) groups excluding carboxylic acids is 2. The molecule has 1 saturated heterocycles. The molecule has 1 aromatic rings. The first kappa shape index (κ1) is 15.3. The van der Waals surface area contributed by atoms with Gasteiger partial charge in [-0.25, -0.2) is 0 Å². The molecule has 1 N–H and O–H groups in total. The fourth-order valence-corrected chi connectivity index (χ4v) is 2.41. The Morgan fingerprint density at radius 2 is 2.14 bits per heavy atom. The highest BCUT2D eigenvalue weighted by Crippen LogP contribution is 2.20. The quantitative estimate of drug-likeness (QED) is 0.891. The van der Waals surface area contributed by atoms with Crippen molar-refractivity contribution < 1.29 is 19.5 Å². The molecule has 0 aromatic heterocycles. The van der Waals surface area contributed by atoms with Crippen LogP contribution in [0.4, 0.5) is 5.69 Å². The Hall–Kier alpha value is -2.08. The summed E-state index contributed by atoms with van der Waals surface area (Å²) >= 11 is 5.87. The average molecular weight is 311 g/mol. The molecular weight excluding hydrogens is 296 g/mol. The highest BCUT2D eigenvalue weighted by atomic mass is 35.5. The zero-order chi connectivity index (χ0) is 15.4. The molecule has 2 amide bonds. The predicted octanol–water partition coefficient (Wildman–Crippen LogP) is 1.38. The van der Waals surface area contributed by atoms with Gasteiger partial charge in [-0.15, -0.1) is 0 Å². The van der Waals surface area contributed by atoms with E-state index in [9.17, 15) is 14.4 Å². The van der Waals surface area contributed by atoms with Crippen molar-refractivity contribution in [1.29, 1.82) is 0 Å². The maximum Gasteiger partial charge on any atom is 0.323 e. The van der Waals surface area contributed by atoms with Gasteiger partial charge in [0, 0.05) is 23.7 Å². The minimum absolute atomic E-state index is 0.0790. The summed E-state index contributed by atoms with van der Waals surface area (Å²) in [6, 6.07) is 6.41. The van der Waals surface area contributed by atoms with Gasteiger partial charge in [0.1, 0.15) is 13.1 Å². The SMILES string of the molecule is O=C(O)CN(C(=O)CN1CCCC1=O)c1cccc(Cl)c1. The molecule has 6 nitrogen and oxygen atoms in total. The lowest BCUT2D eigenvalue weighted by Crippen LogP contribution is -2.43. The van der Waals surface area contributed by atoms with Crippen molar-refractivity contribution in [2.75, 3.05) is 24.5 Å². The van der Waals surface area contributed by atoms with Gasteiger partial charge in [0.2, 0.25) is 11.8 Å². The fraction of sp³-hybridized carbons (Fsp3) is 0.357. The first-order valence-corrected chi connectivity index (χ1v) is 6.90. The molecule has 1 aromatic carbocycles. The van der Waals surface area contributed by atoms with E-state index in [-0.39, 0.29) is 12.5 Å². The Kier molecular flexibility index (Phi) is 4.80. The molecular formula is C14H15ClN2O4. The molecule has 0 atom stereocenters. The molecule has 1 fully saturated rings. The molecule has 7 heteroatoms. The van der Waals surface area contributed by atoms with Crippen LogP contribution in [0.1, 0.15) is 12.8 Å². The monoisotopic (exact) mass is 310 g/mol. The molecule has 112 valence electrons. The molecule has 1 aliphatic heterocycles. The average Bonchev–Trinajstić information content (AvgIpc) is 2.81. The summed E-state index contributed by atoms with van der Waals surface area (Å²) in [5, 5.41) is 9.38. The van der Waals surface area contributed by atoms with E-state index in [1.54, 1.807) is 18.2 Å². The van der Waals surface area contributed by atoms with E-state index in [0.29, 0.717) is 23.7 Å². The number of rotatable bonds is 5. The number of carbonyl (C=O) groups is 3. The lowest BCUT2D eigenvalue weighted by Gasteiger charge is -2.24. The van der Waals surface area contributed by atoms with Gasteiger partial charge in [-0.2, -0.15) is 0 Å². The third-order valence-electron chi connectivity index (χ3n) is 3.21. The number of aliphatic carboxylic acids is 1. The first-order chi connectivity index (χ1) is 9.97. The van der Waals surface area contributed by atoms with Gasteiger partial charge in [-0.3, -0.25) is 19.3 Å². The maximum absolute atomic E-state index is 12.3. The molecule has 0 bridgehead atoms. The third kappa shape index (κ3) is 3.95. The molecule has 0 unspecified atom stereocenters. The Bertz CT molecular complexity index is 576. The number of hydrogen-bond acceptors (Lipinski definition) is 3. The Morgan fingerprint density at radius 1 is 1.38 bits per heavy atom. The number of anilines is 1. The lowest BCUT2D eigenvalue weighted by atomic mass is 10.2. The van der Waals surface area contributed by atoms with Gasteiger partial charge in [0.15, 0.2) is 0 Å². The molecule has 0 saturated carbocycles. The van der Waals surface area contributed by atoms with Crippen molar-refractivity contribution in [3.8, 4) is 0 Å². The van der Waals surface area contributed by atoms with E-state index in [0.717, 1.165) is 11.3 Å². The summed E-state index contributed by atoms with van der Waals surface area (Å²) in [5.74, 6) is -1.64. The second kappa shape index (κ2) is 6.58. The van der Waals surface area contributed by atoms with Crippen LogP contribution in [0.3, 0.4) is 0 Å². The normalized spacial score (nSPS) is 14.3. The van der Waals surface area contributed by atoms with Crippen molar-refractivity contribution in [3.05, 3.63) is 29.3 Å². The number of halogens is 1. The van der Waals surface area contributed by atoms with Crippen LogP contribution in [-0.2, 0) is 14.4 Å². The van der Waals surface area contributed by atoms with E-state index >= 15 is 0 Å². The number of carboxylic acid groups (broad SMARTS) is 1. The van der Waals surface area contributed by atoms with Crippen LogP contribution in [0.5, 0.6) is 0 Å². The van der Waals surface area contributed by atoms with Crippen LogP contribution >= 0.6 is 11.6 Å².